The van der Waals surface area contributed by atoms with Gasteiger partial charge in [-0.3, -0.25) is 10.00 Å². The molecule has 0 saturated heterocycles. The minimum absolute atomic E-state index is 0.151. The van der Waals surface area contributed by atoms with Crippen LogP contribution in [-0.2, 0) is 24.9 Å². The number of anilines is 1. The van der Waals surface area contributed by atoms with Crippen LogP contribution in [0.5, 0.6) is 5.75 Å². The van der Waals surface area contributed by atoms with E-state index in [0.29, 0.717) is 17.3 Å². The minimum atomic E-state index is -0.552. The van der Waals surface area contributed by atoms with Gasteiger partial charge in [-0.05, 0) is 36.8 Å². The fraction of sp³-hybridized carbons (Fsp3) is 0.227. The monoisotopic (exact) mass is 405 g/mol. The number of carbonyl (C=O) groups excluding carboxylic acids is 1. The molecule has 0 aliphatic heterocycles. The van der Waals surface area contributed by atoms with Crippen LogP contribution in [0.3, 0.4) is 0 Å². The van der Waals surface area contributed by atoms with Gasteiger partial charge in [0, 0.05) is 25.2 Å². The maximum Gasteiger partial charge on any atom is 0.413 e. The number of hydrogen-bond acceptors (Lipinski definition) is 5. The van der Waals surface area contributed by atoms with Gasteiger partial charge in [0.25, 0.3) is 0 Å². The van der Waals surface area contributed by atoms with E-state index in [2.05, 4.69) is 26.9 Å². The van der Waals surface area contributed by atoms with Crippen molar-refractivity contribution in [3.63, 3.8) is 0 Å². The molecule has 4 aromatic rings. The first-order chi connectivity index (χ1) is 14.6. The third kappa shape index (κ3) is 3.84. The topological polar surface area (TPSA) is 83.2 Å². The molecule has 0 fully saturated rings. The highest BCUT2D eigenvalue weighted by atomic mass is 16.5. The number of aromatic nitrogens is 4. The number of ether oxygens (including phenoxy) is 2. The number of methoxy groups -OCH3 is 1. The first-order valence-electron chi connectivity index (χ1n) is 9.64. The third-order valence-electron chi connectivity index (χ3n) is 4.89. The van der Waals surface area contributed by atoms with Crippen LogP contribution in [0.2, 0.25) is 0 Å². The Bertz CT molecular complexity index is 1190. The molecule has 30 heavy (non-hydrogen) atoms. The minimum Gasteiger partial charge on any atom is -0.496 e. The van der Waals surface area contributed by atoms with Crippen molar-refractivity contribution >= 4 is 22.9 Å². The van der Waals surface area contributed by atoms with Gasteiger partial charge in [-0.15, -0.1) is 0 Å². The van der Waals surface area contributed by atoms with Gasteiger partial charge < -0.3 is 14.0 Å². The molecule has 0 aliphatic carbocycles. The molecule has 1 amide bonds. The predicted octanol–water partition coefficient (Wildman–Crippen LogP) is 4.21. The summed E-state index contributed by atoms with van der Waals surface area (Å²) in [4.78, 5) is 16.7. The molecule has 0 unspecified atom stereocenters. The maximum absolute atomic E-state index is 12.3. The SMILES string of the molecule is CCn1cnc2cc(COC(=O)Nc3cc(-c4ccccc4OC)nn3C)ccc21. The van der Waals surface area contributed by atoms with Crippen LogP contribution in [0.25, 0.3) is 22.3 Å². The Labute approximate surface area is 174 Å². The second-order valence-electron chi connectivity index (χ2n) is 6.79. The van der Waals surface area contributed by atoms with Crippen molar-refractivity contribution < 1.29 is 14.3 Å². The number of aryl methyl sites for hydroxylation is 2. The Morgan fingerprint density at radius 1 is 1.17 bits per heavy atom. The van der Waals surface area contributed by atoms with Gasteiger partial charge in [0.1, 0.15) is 18.2 Å². The van der Waals surface area contributed by atoms with Gasteiger partial charge in [-0.2, -0.15) is 5.10 Å². The van der Waals surface area contributed by atoms with Gasteiger partial charge in [-0.25, -0.2) is 9.78 Å². The fourth-order valence-electron chi connectivity index (χ4n) is 3.31. The van der Waals surface area contributed by atoms with E-state index in [9.17, 15) is 4.79 Å². The summed E-state index contributed by atoms with van der Waals surface area (Å²) in [5.74, 6) is 1.24. The predicted molar refractivity (Wildman–Crippen MR) is 114 cm³/mol. The Balaban J connectivity index is 1.42. The summed E-state index contributed by atoms with van der Waals surface area (Å²) in [6.07, 6.45) is 1.26. The van der Waals surface area contributed by atoms with Gasteiger partial charge in [0.05, 0.1) is 30.2 Å². The second kappa shape index (κ2) is 8.28. The molecule has 2 aromatic carbocycles. The van der Waals surface area contributed by atoms with Crippen molar-refractivity contribution in [1.29, 1.82) is 0 Å². The molecule has 0 atom stereocenters. The van der Waals surface area contributed by atoms with Gasteiger partial charge in [-0.1, -0.05) is 18.2 Å². The number of nitrogens with zero attached hydrogens (tertiary/aromatic N) is 4. The van der Waals surface area contributed by atoms with Crippen molar-refractivity contribution in [1.82, 2.24) is 19.3 Å². The van der Waals surface area contributed by atoms with Gasteiger partial charge >= 0.3 is 6.09 Å². The zero-order chi connectivity index (χ0) is 21.1. The molecule has 4 rings (SSSR count). The lowest BCUT2D eigenvalue weighted by Crippen LogP contribution is -2.15. The zero-order valence-corrected chi connectivity index (χ0v) is 17.1. The quantitative estimate of drug-likeness (QED) is 0.519. The first-order valence-corrected chi connectivity index (χ1v) is 9.64. The average Bonchev–Trinajstić information content (AvgIpc) is 3.34. The molecule has 2 aromatic heterocycles. The Morgan fingerprint density at radius 3 is 2.80 bits per heavy atom. The van der Waals surface area contributed by atoms with Crippen molar-refractivity contribution in [2.75, 3.05) is 12.4 Å². The van der Waals surface area contributed by atoms with E-state index in [-0.39, 0.29) is 6.61 Å². The van der Waals surface area contributed by atoms with E-state index < -0.39 is 6.09 Å². The van der Waals surface area contributed by atoms with Crippen molar-refractivity contribution in [2.45, 2.75) is 20.1 Å². The lowest BCUT2D eigenvalue weighted by molar-refractivity contribution is 0.155. The normalized spacial score (nSPS) is 10.9. The number of nitrogens with one attached hydrogen (secondary N) is 1. The molecule has 0 aliphatic rings. The molecule has 154 valence electrons. The maximum atomic E-state index is 12.3. The number of benzene rings is 2. The van der Waals surface area contributed by atoms with Crippen LogP contribution in [0.1, 0.15) is 12.5 Å². The Morgan fingerprint density at radius 2 is 2.00 bits per heavy atom. The summed E-state index contributed by atoms with van der Waals surface area (Å²) in [6, 6.07) is 15.2. The summed E-state index contributed by atoms with van der Waals surface area (Å²) >= 11 is 0. The van der Waals surface area contributed by atoms with Crippen LogP contribution >= 0.6 is 0 Å². The largest absolute Gasteiger partial charge is 0.496 e. The van der Waals surface area contributed by atoms with E-state index in [4.69, 9.17) is 9.47 Å². The highest BCUT2D eigenvalue weighted by Gasteiger charge is 2.14. The van der Waals surface area contributed by atoms with E-state index in [1.165, 1.54) is 0 Å². The standard InChI is InChI=1S/C22H23N5O3/c1-4-27-14-23-18-11-15(9-10-19(18)27)13-30-22(28)24-21-12-17(25-26(21)2)16-7-5-6-8-20(16)29-3/h5-12,14H,4,13H2,1-3H3,(H,24,28). The number of fused-ring (bicyclic) bond motifs is 1. The molecule has 8 nitrogen and oxygen atoms in total. The van der Waals surface area contributed by atoms with E-state index in [0.717, 1.165) is 28.7 Å². The van der Waals surface area contributed by atoms with Crippen molar-refractivity contribution in [3.05, 3.63) is 60.4 Å². The number of para-hydroxylation sites is 1. The van der Waals surface area contributed by atoms with Crippen LogP contribution in [0.4, 0.5) is 10.6 Å². The Hall–Kier alpha value is -3.81. The molecule has 0 bridgehead atoms. The summed E-state index contributed by atoms with van der Waals surface area (Å²) < 4.78 is 14.4. The Kier molecular flexibility index (Phi) is 5.38. The number of imidazole rings is 1. The summed E-state index contributed by atoms with van der Waals surface area (Å²) in [7, 11) is 3.37. The summed E-state index contributed by atoms with van der Waals surface area (Å²) in [5, 5.41) is 7.20. The molecule has 0 radical (unpaired) electrons. The molecule has 0 saturated carbocycles. The number of carbonyl (C=O) groups is 1. The van der Waals surface area contributed by atoms with Crippen molar-refractivity contribution in [2.24, 2.45) is 7.05 Å². The number of amides is 1. The van der Waals surface area contributed by atoms with Crippen LogP contribution < -0.4 is 10.1 Å². The molecular formula is C22H23N5O3. The van der Waals surface area contributed by atoms with Gasteiger partial charge in [0.2, 0.25) is 0 Å². The van der Waals surface area contributed by atoms with E-state index in [1.54, 1.807) is 24.9 Å². The average molecular weight is 405 g/mol. The molecule has 0 spiro atoms. The van der Waals surface area contributed by atoms with E-state index in [1.807, 2.05) is 48.8 Å². The lowest BCUT2D eigenvalue weighted by Gasteiger charge is -2.07. The van der Waals surface area contributed by atoms with Gasteiger partial charge in [0.15, 0.2) is 0 Å². The highest BCUT2D eigenvalue weighted by Crippen LogP contribution is 2.30. The molecule has 8 heteroatoms. The van der Waals surface area contributed by atoms with Crippen LogP contribution in [0.15, 0.2) is 54.9 Å². The van der Waals surface area contributed by atoms with Crippen molar-refractivity contribution in [3.8, 4) is 17.0 Å². The first kappa shape index (κ1) is 19.5. The van der Waals surface area contributed by atoms with Crippen LogP contribution in [-0.4, -0.2) is 32.5 Å². The summed E-state index contributed by atoms with van der Waals surface area (Å²) in [5.41, 5.74) is 4.36. The molecular weight excluding hydrogens is 382 g/mol. The van der Waals surface area contributed by atoms with Crippen LogP contribution in [0, 0.1) is 0 Å². The highest BCUT2D eigenvalue weighted by molar-refractivity contribution is 5.85. The fourth-order valence-corrected chi connectivity index (χ4v) is 3.31. The lowest BCUT2D eigenvalue weighted by atomic mass is 10.1. The summed E-state index contributed by atoms with van der Waals surface area (Å²) in [6.45, 7) is 3.08. The number of hydrogen-bond donors (Lipinski definition) is 1. The molecule has 2 heterocycles. The smallest absolute Gasteiger partial charge is 0.413 e. The third-order valence-corrected chi connectivity index (χ3v) is 4.89. The number of rotatable bonds is 6. The zero-order valence-electron chi connectivity index (χ0n) is 17.1. The second-order valence-corrected chi connectivity index (χ2v) is 6.79. The van der Waals surface area contributed by atoms with E-state index >= 15 is 0 Å². The molecule has 1 N–H and O–H groups in total.